The van der Waals surface area contributed by atoms with Crippen LogP contribution in [0.25, 0.3) is 5.69 Å². The van der Waals surface area contributed by atoms with Crippen LogP contribution in [0.2, 0.25) is 0 Å². The van der Waals surface area contributed by atoms with Gasteiger partial charge in [0.15, 0.2) is 5.69 Å². The third kappa shape index (κ3) is 3.52. The molecule has 0 aliphatic carbocycles. The number of halogens is 1. The number of nitrogens with one attached hydrogen (secondary N) is 1. The molecule has 3 N–H and O–H groups in total. The number of primary amides is 1. The molecule has 0 bridgehead atoms. The predicted molar refractivity (Wildman–Crippen MR) is 87.2 cm³/mol. The van der Waals surface area contributed by atoms with Gasteiger partial charge in [0, 0.05) is 5.56 Å². The number of hydrogen-bond donors (Lipinski definition) is 2. The summed E-state index contributed by atoms with van der Waals surface area (Å²) in [7, 11) is 0. The second-order valence-corrected chi connectivity index (χ2v) is 5.21. The van der Waals surface area contributed by atoms with Crippen molar-refractivity contribution < 1.29 is 14.0 Å². The number of amides is 2. The second kappa shape index (κ2) is 6.91. The highest BCUT2D eigenvalue weighted by molar-refractivity contribution is 5.96. The molecule has 126 valence electrons. The van der Waals surface area contributed by atoms with Gasteiger partial charge >= 0.3 is 0 Å². The van der Waals surface area contributed by atoms with Crippen LogP contribution in [0.4, 0.5) is 4.39 Å². The van der Waals surface area contributed by atoms with Gasteiger partial charge in [0.05, 0.1) is 11.9 Å². The third-order valence-electron chi connectivity index (χ3n) is 3.52. The van der Waals surface area contributed by atoms with Gasteiger partial charge in [-0.1, -0.05) is 41.6 Å². The summed E-state index contributed by atoms with van der Waals surface area (Å²) in [5, 5.41) is 10.0. The van der Waals surface area contributed by atoms with Crippen LogP contribution in [0.3, 0.4) is 0 Å². The first-order valence-electron chi connectivity index (χ1n) is 7.38. The normalized spacial score (nSPS) is 11.7. The van der Waals surface area contributed by atoms with Gasteiger partial charge in [0.2, 0.25) is 5.91 Å². The highest BCUT2D eigenvalue weighted by Crippen LogP contribution is 2.17. The number of para-hydroxylation sites is 1. The van der Waals surface area contributed by atoms with Crippen LogP contribution >= 0.6 is 0 Å². The zero-order valence-electron chi connectivity index (χ0n) is 13.0. The number of aromatic nitrogens is 3. The lowest BCUT2D eigenvalue weighted by Crippen LogP contribution is -2.38. The van der Waals surface area contributed by atoms with Crippen LogP contribution in [-0.4, -0.2) is 26.8 Å². The monoisotopic (exact) mass is 339 g/mol. The largest absolute Gasteiger partial charge is 0.368 e. The Balaban J connectivity index is 1.82. The lowest BCUT2D eigenvalue weighted by molar-refractivity contribution is -0.120. The summed E-state index contributed by atoms with van der Waals surface area (Å²) in [5.74, 6) is -2.21. The molecular formula is C17H14FN5O2. The summed E-state index contributed by atoms with van der Waals surface area (Å²) in [6, 6.07) is 13.3. The topological polar surface area (TPSA) is 103 Å². The van der Waals surface area contributed by atoms with Gasteiger partial charge in [0.25, 0.3) is 5.91 Å². The molecule has 0 aliphatic rings. The number of nitrogens with zero attached hydrogens (tertiary/aromatic N) is 3. The number of hydrogen-bond acceptors (Lipinski definition) is 4. The van der Waals surface area contributed by atoms with Crippen LogP contribution in [0, 0.1) is 5.82 Å². The van der Waals surface area contributed by atoms with Crippen molar-refractivity contribution in [1.82, 2.24) is 20.3 Å². The minimum absolute atomic E-state index is 0.0150. The molecule has 0 radical (unpaired) electrons. The van der Waals surface area contributed by atoms with Crippen molar-refractivity contribution in [2.75, 3.05) is 0 Å². The highest BCUT2D eigenvalue weighted by Gasteiger charge is 2.25. The molecule has 0 aliphatic heterocycles. The minimum Gasteiger partial charge on any atom is -0.368 e. The fourth-order valence-corrected chi connectivity index (χ4v) is 2.29. The van der Waals surface area contributed by atoms with Crippen molar-refractivity contribution in [1.29, 1.82) is 0 Å². The molecule has 1 atom stereocenters. The van der Waals surface area contributed by atoms with Gasteiger partial charge in [-0.3, -0.25) is 9.59 Å². The van der Waals surface area contributed by atoms with E-state index in [1.807, 2.05) is 18.2 Å². The van der Waals surface area contributed by atoms with E-state index >= 15 is 0 Å². The summed E-state index contributed by atoms with van der Waals surface area (Å²) >= 11 is 0. The summed E-state index contributed by atoms with van der Waals surface area (Å²) in [4.78, 5) is 24.0. The third-order valence-corrected chi connectivity index (χ3v) is 3.52. The van der Waals surface area contributed by atoms with Crippen molar-refractivity contribution in [2.24, 2.45) is 5.73 Å². The van der Waals surface area contributed by atoms with Gasteiger partial charge in [-0.15, -0.1) is 5.10 Å². The van der Waals surface area contributed by atoms with Crippen LogP contribution in [-0.2, 0) is 4.79 Å². The minimum atomic E-state index is -1.31. The molecule has 1 aromatic heterocycles. The number of carbonyl (C=O) groups is 2. The summed E-state index contributed by atoms with van der Waals surface area (Å²) < 4.78 is 15.3. The molecule has 0 unspecified atom stereocenters. The van der Waals surface area contributed by atoms with E-state index in [0.717, 1.165) is 5.69 Å². The molecule has 8 heteroatoms. The molecule has 3 aromatic rings. The van der Waals surface area contributed by atoms with Crippen molar-refractivity contribution in [3.05, 3.63) is 77.9 Å². The molecule has 1 heterocycles. The molecule has 0 saturated heterocycles. The van der Waals surface area contributed by atoms with Crippen molar-refractivity contribution in [2.45, 2.75) is 6.04 Å². The quantitative estimate of drug-likeness (QED) is 0.732. The maximum atomic E-state index is 13.9. The lowest BCUT2D eigenvalue weighted by Gasteiger charge is -2.15. The highest BCUT2D eigenvalue weighted by atomic mass is 19.1. The van der Waals surface area contributed by atoms with E-state index in [1.54, 1.807) is 18.2 Å². The van der Waals surface area contributed by atoms with Gasteiger partial charge in [-0.25, -0.2) is 9.07 Å². The van der Waals surface area contributed by atoms with E-state index in [9.17, 15) is 14.0 Å². The number of nitrogens with two attached hydrogens (primary N) is 1. The second-order valence-electron chi connectivity index (χ2n) is 5.21. The fourth-order valence-electron chi connectivity index (χ4n) is 2.29. The van der Waals surface area contributed by atoms with Crippen LogP contribution in [0.1, 0.15) is 22.1 Å². The van der Waals surface area contributed by atoms with Crippen molar-refractivity contribution in [3.8, 4) is 5.69 Å². The lowest BCUT2D eigenvalue weighted by atomic mass is 10.1. The number of carbonyl (C=O) groups excluding carboxylic acids is 2. The van der Waals surface area contributed by atoms with Gasteiger partial charge < -0.3 is 11.1 Å². The maximum absolute atomic E-state index is 13.9. The maximum Gasteiger partial charge on any atom is 0.274 e. The number of rotatable bonds is 5. The summed E-state index contributed by atoms with van der Waals surface area (Å²) in [6.45, 7) is 0. The molecule has 3 rings (SSSR count). The van der Waals surface area contributed by atoms with Crippen LogP contribution < -0.4 is 11.1 Å². The zero-order chi connectivity index (χ0) is 17.8. The summed E-state index contributed by atoms with van der Waals surface area (Å²) in [5.41, 5.74) is 5.98. The van der Waals surface area contributed by atoms with Crippen molar-refractivity contribution in [3.63, 3.8) is 0 Å². The predicted octanol–water partition coefficient (Wildman–Crippen LogP) is 1.36. The standard InChI is InChI=1S/C17H14FN5O2/c18-13-9-5-4-8-12(13)15(16(19)24)20-17(25)14-10-23(22-21-14)11-6-2-1-3-7-11/h1-10,15H,(H2,19,24)(H,20,25)/t15-/m1/s1. The van der Waals surface area contributed by atoms with Gasteiger partial charge in [-0.05, 0) is 18.2 Å². The first-order valence-corrected chi connectivity index (χ1v) is 7.38. The first-order chi connectivity index (χ1) is 12.1. The SMILES string of the molecule is NC(=O)[C@H](NC(=O)c1cn(-c2ccccc2)nn1)c1ccccc1F. The molecule has 7 nitrogen and oxygen atoms in total. The Morgan fingerprint density at radius 3 is 2.44 bits per heavy atom. The zero-order valence-corrected chi connectivity index (χ0v) is 13.0. The summed E-state index contributed by atoms with van der Waals surface area (Å²) in [6.07, 6.45) is 1.41. The molecule has 0 fully saturated rings. The van der Waals surface area contributed by atoms with E-state index in [2.05, 4.69) is 15.6 Å². The Labute approximate surface area is 142 Å². The van der Waals surface area contributed by atoms with Crippen LogP contribution in [0.5, 0.6) is 0 Å². The Bertz CT molecular complexity index is 910. The fraction of sp³-hybridized carbons (Fsp3) is 0.0588. The van der Waals surface area contributed by atoms with Gasteiger partial charge in [-0.2, -0.15) is 0 Å². The molecule has 0 saturated carbocycles. The van der Waals surface area contributed by atoms with E-state index in [-0.39, 0.29) is 11.3 Å². The average molecular weight is 339 g/mol. The van der Waals surface area contributed by atoms with Gasteiger partial charge in [0.1, 0.15) is 11.9 Å². The Kier molecular flexibility index (Phi) is 4.51. The molecule has 2 aromatic carbocycles. The van der Waals surface area contributed by atoms with E-state index in [1.165, 1.54) is 29.1 Å². The Morgan fingerprint density at radius 1 is 1.08 bits per heavy atom. The molecule has 2 amide bonds. The Hall–Kier alpha value is -3.55. The molecule has 25 heavy (non-hydrogen) atoms. The van der Waals surface area contributed by atoms with E-state index in [4.69, 9.17) is 5.73 Å². The first kappa shape index (κ1) is 16.3. The van der Waals surface area contributed by atoms with E-state index in [0.29, 0.717) is 0 Å². The van der Waals surface area contributed by atoms with Crippen molar-refractivity contribution >= 4 is 11.8 Å². The molecule has 0 spiro atoms. The average Bonchev–Trinajstić information content (AvgIpc) is 3.11. The van der Waals surface area contributed by atoms with E-state index < -0.39 is 23.7 Å². The van der Waals surface area contributed by atoms with Crippen LogP contribution in [0.15, 0.2) is 60.8 Å². The molecular weight excluding hydrogens is 325 g/mol. The Morgan fingerprint density at radius 2 is 1.76 bits per heavy atom. The smallest absolute Gasteiger partial charge is 0.274 e. The number of benzene rings is 2.